The van der Waals surface area contributed by atoms with Gasteiger partial charge in [-0.25, -0.2) is 0 Å². The predicted octanol–water partition coefficient (Wildman–Crippen LogP) is 2.02. The van der Waals surface area contributed by atoms with Crippen molar-refractivity contribution in [1.29, 1.82) is 0 Å². The second-order valence-electron chi connectivity index (χ2n) is 4.03. The minimum Gasteiger partial charge on any atom is -0.402 e. The molecular formula is C12H28O3Si. The van der Waals surface area contributed by atoms with Crippen molar-refractivity contribution in [3.63, 3.8) is 0 Å². The molecule has 0 spiro atoms. The lowest BCUT2D eigenvalue weighted by Crippen LogP contribution is -2.23. The third-order valence-corrected chi connectivity index (χ3v) is 2.99. The van der Waals surface area contributed by atoms with Gasteiger partial charge in [0.15, 0.2) is 6.29 Å². The molecule has 0 radical (unpaired) electrons. The Labute approximate surface area is 103 Å². The van der Waals surface area contributed by atoms with Gasteiger partial charge in [0.05, 0.1) is 6.61 Å². The summed E-state index contributed by atoms with van der Waals surface area (Å²) in [5.74, 6) is 0. The molecule has 0 saturated carbocycles. The van der Waals surface area contributed by atoms with Gasteiger partial charge in [0.25, 0.3) is 0 Å². The zero-order chi connectivity index (χ0) is 12.1. The highest BCUT2D eigenvalue weighted by molar-refractivity contribution is 5.98. The molecule has 0 rings (SSSR count). The molecule has 0 fully saturated rings. The fourth-order valence-electron chi connectivity index (χ4n) is 1.38. The van der Waals surface area contributed by atoms with Crippen molar-refractivity contribution in [3.05, 3.63) is 0 Å². The first-order valence-electron chi connectivity index (χ1n) is 6.57. The highest BCUT2D eigenvalue weighted by Gasteiger charge is 2.06. The van der Waals surface area contributed by atoms with Crippen molar-refractivity contribution in [2.45, 2.75) is 58.7 Å². The van der Waals surface area contributed by atoms with Crippen molar-refractivity contribution in [2.24, 2.45) is 0 Å². The second kappa shape index (κ2) is 13.2. The van der Waals surface area contributed by atoms with Gasteiger partial charge in [-0.1, -0.05) is 39.5 Å². The number of ether oxygens (including phenoxy) is 2. The molecule has 0 aliphatic carbocycles. The lowest BCUT2D eigenvalue weighted by molar-refractivity contribution is -0.120. The van der Waals surface area contributed by atoms with Crippen LogP contribution < -0.4 is 0 Å². The molecule has 0 bridgehead atoms. The van der Waals surface area contributed by atoms with Crippen molar-refractivity contribution >= 4 is 10.5 Å². The van der Waals surface area contributed by atoms with Gasteiger partial charge in [-0.15, -0.1) is 0 Å². The zero-order valence-electron chi connectivity index (χ0n) is 11.2. The fraction of sp³-hybridized carbons (Fsp3) is 1.00. The third kappa shape index (κ3) is 10.6. The van der Waals surface area contributed by atoms with Crippen LogP contribution in [0.2, 0.25) is 0 Å². The van der Waals surface area contributed by atoms with Crippen molar-refractivity contribution in [2.75, 3.05) is 19.8 Å². The molecule has 0 aromatic heterocycles. The molecule has 3 nitrogen and oxygen atoms in total. The molecule has 0 saturated heterocycles. The standard InChI is InChI=1S/C12H28O3Si/c1-3-5-7-9-13-11-12(15-16)14-10-8-6-4-2/h12H,3-11H2,1-2,16H3. The van der Waals surface area contributed by atoms with Gasteiger partial charge in [0.2, 0.25) is 0 Å². The maximum Gasteiger partial charge on any atom is 0.170 e. The Morgan fingerprint density at radius 3 is 2.12 bits per heavy atom. The molecule has 1 unspecified atom stereocenters. The van der Waals surface area contributed by atoms with E-state index < -0.39 is 0 Å². The Morgan fingerprint density at radius 2 is 1.56 bits per heavy atom. The van der Waals surface area contributed by atoms with Gasteiger partial charge >= 0.3 is 0 Å². The largest absolute Gasteiger partial charge is 0.402 e. The van der Waals surface area contributed by atoms with Crippen LogP contribution in [0.5, 0.6) is 0 Å². The van der Waals surface area contributed by atoms with Gasteiger partial charge in [0.1, 0.15) is 10.5 Å². The van der Waals surface area contributed by atoms with E-state index in [1.54, 1.807) is 0 Å². The fourth-order valence-corrected chi connectivity index (χ4v) is 1.66. The van der Waals surface area contributed by atoms with Crippen LogP contribution in [0.25, 0.3) is 0 Å². The van der Waals surface area contributed by atoms with E-state index >= 15 is 0 Å². The Bertz CT molecular complexity index is 133. The number of rotatable bonds is 12. The van der Waals surface area contributed by atoms with Gasteiger partial charge in [-0.05, 0) is 12.8 Å². The molecule has 0 aliphatic rings. The highest BCUT2D eigenvalue weighted by atomic mass is 28.2. The predicted molar refractivity (Wildman–Crippen MR) is 70.6 cm³/mol. The first-order chi connectivity index (χ1) is 7.85. The number of hydrogen-bond acceptors (Lipinski definition) is 3. The van der Waals surface area contributed by atoms with Crippen LogP contribution in [-0.4, -0.2) is 36.6 Å². The molecule has 0 amide bonds. The van der Waals surface area contributed by atoms with E-state index in [2.05, 4.69) is 13.8 Å². The summed E-state index contributed by atoms with van der Waals surface area (Å²) >= 11 is 0. The van der Waals surface area contributed by atoms with Crippen LogP contribution in [0.3, 0.4) is 0 Å². The smallest absolute Gasteiger partial charge is 0.170 e. The summed E-state index contributed by atoms with van der Waals surface area (Å²) in [4.78, 5) is 0. The molecule has 0 heterocycles. The summed E-state index contributed by atoms with van der Waals surface area (Å²) in [5, 5.41) is 0. The third-order valence-electron chi connectivity index (χ3n) is 2.46. The molecular weight excluding hydrogens is 220 g/mol. The zero-order valence-corrected chi connectivity index (χ0v) is 13.2. The summed E-state index contributed by atoms with van der Waals surface area (Å²) in [6.07, 6.45) is 7.05. The normalized spacial score (nSPS) is 13.1. The van der Waals surface area contributed by atoms with Gasteiger partial charge in [0, 0.05) is 13.2 Å². The molecule has 0 aliphatic heterocycles. The molecule has 4 heteroatoms. The van der Waals surface area contributed by atoms with Crippen LogP contribution in [-0.2, 0) is 13.9 Å². The van der Waals surface area contributed by atoms with E-state index in [1.165, 1.54) is 25.7 Å². The maximum atomic E-state index is 5.59. The Balaban J connectivity index is 3.29. The van der Waals surface area contributed by atoms with E-state index in [-0.39, 0.29) is 6.29 Å². The topological polar surface area (TPSA) is 27.7 Å². The van der Waals surface area contributed by atoms with Gasteiger partial charge in [-0.2, -0.15) is 0 Å². The molecule has 0 aromatic rings. The minimum absolute atomic E-state index is 0.134. The van der Waals surface area contributed by atoms with Gasteiger partial charge in [-0.3, -0.25) is 0 Å². The van der Waals surface area contributed by atoms with Crippen molar-refractivity contribution < 1.29 is 13.9 Å². The first-order valence-corrected chi connectivity index (χ1v) is 7.38. The summed E-state index contributed by atoms with van der Waals surface area (Å²) in [6, 6.07) is 0. The van der Waals surface area contributed by atoms with E-state index in [4.69, 9.17) is 13.9 Å². The lowest BCUT2D eigenvalue weighted by atomic mass is 10.3. The summed E-state index contributed by atoms with van der Waals surface area (Å²) < 4.78 is 16.4. The van der Waals surface area contributed by atoms with Crippen LogP contribution in [0.15, 0.2) is 0 Å². The van der Waals surface area contributed by atoms with Gasteiger partial charge < -0.3 is 13.9 Å². The number of unbranched alkanes of at least 4 members (excludes halogenated alkanes) is 4. The van der Waals surface area contributed by atoms with Crippen molar-refractivity contribution in [3.8, 4) is 0 Å². The SMILES string of the molecule is CCCCCOCC(O[SiH3])OCCCCC. The van der Waals surface area contributed by atoms with E-state index in [0.29, 0.717) is 17.1 Å². The second-order valence-corrected chi connectivity index (χ2v) is 4.50. The highest BCUT2D eigenvalue weighted by Crippen LogP contribution is 2.01. The van der Waals surface area contributed by atoms with Crippen LogP contribution in [0, 0.1) is 0 Å². The average Bonchev–Trinajstić information content (AvgIpc) is 2.31. The summed E-state index contributed by atoms with van der Waals surface area (Å²) in [6.45, 7) is 6.59. The molecule has 0 N–H and O–H groups in total. The summed E-state index contributed by atoms with van der Waals surface area (Å²) in [7, 11) is 0.706. The molecule has 1 atom stereocenters. The first kappa shape index (κ1) is 16.1. The Morgan fingerprint density at radius 1 is 0.938 bits per heavy atom. The lowest BCUT2D eigenvalue weighted by Gasteiger charge is -2.16. The monoisotopic (exact) mass is 248 g/mol. The molecule has 16 heavy (non-hydrogen) atoms. The quantitative estimate of drug-likeness (QED) is 0.300. The molecule has 0 aromatic carbocycles. The summed E-state index contributed by atoms with van der Waals surface area (Å²) in [5.41, 5.74) is 0. The molecule has 98 valence electrons. The number of hydrogen-bond donors (Lipinski definition) is 0. The Kier molecular flexibility index (Phi) is 13.2. The van der Waals surface area contributed by atoms with E-state index in [9.17, 15) is 0 Å². The van der Waals surface area contributed by atoms with Crippen LogP contribution in [0.4, 0.5) is 0 Å². The van der Waals surface area contributed by atoms with Crippen molar-refractivity contribution in [1.82, 2.24) is 0 Å². The average molecular weight is 248 g/mol. The van der Waals surface area contributed by atoms with E-state index in [1.807, 2.05) is 0 Å². The van der Waals surface area contributed by atoms with E-state index in [0.717, 1.165) is 26.1 Å². The Hall–Kier alpha value is 0.0969. The minimum atomic E-state index is -0.134. The van der Waals surface area contributed by atoms with Crippen LogP contribution >= 0.6 is 0 Å². The maximum absolute atomic E-state index is 5.59. The van der Waals surface area contributed by atoms with Crippen LogP contribution in [0.1, 0.15) is 52.4 Å².